The van der Waals surface area contributed by atoms with Gasteiger partial charge in [0.1, 0.15) is 0 Å². The Hall–Kier alpha value is 0.847. The molecule has 30 heavy (non-hydrogen) atoms. The van der Waals surface area contributed by atoms with Crippen LogP contribution in [0, 0.1) is 83.1 Å². The number of halogens is 4. The molecule has 0 aliphatic carbocycles. The molecule has 0 nitrogen and oxygen atoms in total. The maximum Gasteiger partial charge on any atom is 1.00 e. The average molecular weight is 671 g/mol. The van der Waals surface area contributed by atoms with Crippen LogP contribution >= 0.6 is 24.8 Å². The fourth-order valence-electron chi connectivity index (χ4n) is 3.38. The summed E-state index contributed by atoms with van der Waals surface area (Å²) in [5, 5.41) is 0. The van der Waals surface area contributed by atoms with Crippen LogP contribution in [0.3, 0.4) is 0 Å². The minimum Gasteiger partial charge on any atom is -1.00 e. The molecule has 0 amide bonds. The predicted octanol–water partition coefficient (Wildman–Crippen LogP) is 1.92. The Bertz CT molecular complexity index is 523. The Morgan fingerprint density at radius 2 is 0.267 bits per heavy atom. The molecule has 0 N–H and O–H groups in total. The first-order valence-corrected chi connectivity index (χ1v) is 9.00. The van der Waals surface area contributed by atoms with Gasteiger partial charge >= 0.3 is 39.0 Å². The van der Waals surface area contributed by atoms with Gasteiger partial charge in [-0.2, -0.15) is 0 Å². The number of hydrogen-bond acceptors (Lipinski definition) is 0. The summed E-state index contributed by atoms with van der Waals surface area (Å²) in [6.07, 6.45) is 0. The van der Waals surface area contributed by atoms with Crippen molar-refractivity contribution in [3.05, 3.63) is 66.8 Å². The van der Waals surface area contributed by atoms with E-state index in [1.165, 1.54) is 66.8 Å². The topological polar surface area (TPSA) is 0 Å². The van der Waals surface area contributed by atoms with Crippen molar-refractivity contribution in [1.82, 2.24) is 0 Å². The molecule has 6 heteroatoms. The monoisotopic (exact) mass is 670 g/mol. The molecular weight excluding hydrogens is 632 g/mol. The molecular formula is C24H38Cl4Ru2. The van der Waals surface area contributed by atoms with E-state index >= 15 is 0 Å². The first kappa shape index (κ1) is 44.5. The minimum atomic E-state index is 0. The third-order valence-electron chi connectivity index (χ3n) is 6.75. The minimum absolute atomic E-state index is 0. The predicted molar refractivity (Wildman–Crippen MR) is 124 cm³/mol. The molecule has 0 saturated carbocycles. The molecule has 0 aliphatic heterocycles. The van der Waals surface area contributed by atoms with Crippen molar-refractivity contribution in [3.63, 3.8) is 0 Å². The van der Waals surface area contributed by atoms with Crippen LogP contribution < -0.4 is 24.8 Å². The van der Waals surface area contributed by atoms with E-state index < -0.39 is 0 Å². The fourth-order valence-corrected chi connectivity index (χ4v) is 3.38. The standard InChI is InChI=1S/2C12H18.4ClH.2Ru/c2*1-7-8(2)10(4)12(6)11(5)9(7)3;;;;;;/h2*1-6H3;4*1H;;/q;;;;;;2*+1/p-2. The Labute approximate surface area is 236 Å². The van der Waals surface area contributed by atoms with Crippen molar-refractivity contribution in [1.29, 1.82) is 0 Å². The van der Waals surface area contributed by atoms with Gasteiger partial charge in [-0.05, 0) is 150 Å². The van der Waals surface area contributed by atoms with E-state index in [0.29, 0.717) is 0 Å². The molecule has 0 bridgehead atoms. The second-order valence-corrected chi connectivity index (χ2v) is 7.50. The smallest absolute Gasteiger partial charge is 1.00 e. The zero-order chi connectivity index (χ0) is 18.9. The van der Waals surface area contributed by atoms with E-state index in [-0.39, 0.29) is 88.6 Å². The molecule has 0 aliphatic rings. The molecule has 0 fully saturated rings. The summed E-state index contributed by atoms with van der Waals surface area (Å²) in [5.74, 6) is 0. The van der Waals surface area contributed by atoms with Gasteiger partial charge in [-0.25, -0.2) is 0 Å². The molecule has 2 aromatic carbocycles. The largest absolute Gasteiger partial charge is 1.00 e. The molecule has 0 atom stereocenters. The fraction of sp³-hybridized carbons (Fsp3) is 0.500. The van der Waals surface area contributed by atoms with Gasteiger partial charge in [-0.1, -0.05) is 0 Å². The first-order chi connectivity index (χ1) is 10.9. The van der Waals surface area contributed by atoms with Crippen LogP contribution in [0.5, 0.6) is 0 Å². The van der Waals surface area contributed by atoms with Crippen LogP contribution in [-0.2, 0) is 39.0 Å². The van der Waals surface area contributed by atoms with E-state index in [1.807, 2.05) is 0 Å². The Morgan fingerprint density at radius 1 is 0.233 bits per heavy atom. The molecule has 0 saturated heterocycles. The quantitative estimate of drug-likeness (QED) is 0.377. The molecule has 2 aromatic rings. The van der Waals surface area contributed by atoms with Crippen molar-refractivity contribution in [3.8, 4) is 0 Å². The normalized spacial score (nSPS) is 8.40. The number of rotatable bonds is 0. The van der Waals surface area contributed by atoms with Crippen molar-refractivity contribution >= 4 is 24.8 Å². The summed E-state index contributed by atoms with van der Waals surface area (Å²) < 4.78 is 0. The Balaban J connectivity index is -0.0000000800. The van der Waals surface area contributed by atoms with Crippen LogP contribution in [0.15, 0.2) is 0 Å². The Kier molecular flexibility index (Phi) is 27.1. The molecule has 178 valence electrons. The SMILES string of the molecule is Cc1c(C)c(C)c(C)c(C)c1C.Cc1c(C)c(C)c(C)c(C)c1C.Cl.Cl.[Cl-].[Cl-].[Ru+].[Ru+]. The van der Waals surface area contributed by atoms with Gasteiger partial charge in [0.25, 0.3) is 0 Å². The summed E-state index contributed by atoms with van der Waals surface area (Å²) >= 11 is 0. The number of hydrogen-bond donors (Lipinski definition) is 0. The van der Waals surface area contributed by atoms with Crippen molar-refractivity contribution in [2.75, 3.05) is 0 Å². The van der Waals surface area contributed by atoms with E-state index in [4.69, 9.17) is 0 Å². The van der Waals surface area contributed by atoms with Gasteiger partial charge in [-0.3, -0.25) is 0 Å². The molecule has 0 heterocycles. The van der Waals surface area contributed by atoms with Gasteiger partial charge in [-0.15, -0.1) is 24.8 Å². The van der Waals surface area contributed by atoms with Crippen molar-refractivity contribution in [2.24, 2.45) is 0 Å². The van der Waals surface area contributed by atoms with Crippen LogP contribution in [0.1, 0.15) is 66.8 Å². The maximum absolute atomic E-state index is 2.21. The zero-order valence-corrected chi connectivity index (χ0v) is 26.9. The maximum atomic E-state index is 2.21. The summed E-state index contributed by atoms with van der Waals surface area (Å²) in [7, 11) is 0. The van der Waals surface area contributed by atoms with E-state index in [2.05, 4.69) is 83.1 Å². The van der Waals surface area contributed by atoms with E-state index in [0.717, 1.165) is 0 Å². The summed E-state index contributed by atoms with van der Waals surface area (Å²) in [6.45, 7) is 26.5. The van der Waals surface area contributed by atoms with Gasteiger partial charge in [0.05, 0.1) is 0 Å². The van der Waals surface area contributed by atoms with Crippen LogP contribution in [0.4, 0.5) is 0 Å². The van der Waals surface area contributed by atoms with E-state index in [9.17, 15) is 0 Å². The van der Waals surface area contributed by atoms with Crippen LogP contribution in [-0.4, -0.2) is 0 Å². The van der Waals surface area contributed by atoms with Crippen molar-refractivity contribution < 1.29 is 63.8 Å². The number of benzene rings is 2. The second kappa shape index (κ2) is 18.3. The molecule has 0 unspecified atom stereocenters. The van der Waals surface area contributed by atoms with E-state index in [1.54, 1.807) is 0 Å². The summed E-state index contributed by atoms with van der Waals surface area (Å²) in [6, 6.07) is 0. The molecule has 2 rings (SSSR count). The van der Waals surface area contributed by atoms with Crippen LogP contribution in [0.2, 0.25) is 0 Å². The second-order valence-electron chi connectivity index (χ2n) is 7.50. The zero-order valence-electron chi connectivity index (χ0n) is 20.3. The molecule has 0 aromatic heterocycles. The average Bonchev–Trinajstić information content (AvgIpc) is 2.58. The molecule has 0 spiro atoms. The Morgan fingerprint density at radius 3 is 0.300 bits per heavy atom. The first-order valence-electron chi connectivity index (χ1n) is 9.00. The van der Waals surface area contributed by atoms with Gasteiger partial charge < -0.3 is 24.8 Å². The van der Waals surface area contributed by atoms with Crippen LogP contribution in [0.25, 0.3) is 0 Å². The van der Waals surface area contributed by atoms with Gasteiger partial charge in [0.2, 0.25) is 0 Å². The third-order valence-corrected chi connectivity index (χ3v) is 6.75. The van der Waals surface area contributed by atoms with Gasteiger partial charge in [0.15, 0.2) is 0 Å². The van der Waals surface area contributed by atoms with Gasteiger partial charge in [0, 0.05) is 0 Å². The molecule has 2 radical (unpaired) electrons. The third kappa shape index (κ3) is 9.38. The summed E-state index contributed by atoms with van der Waals surface area (Å²) in [4.78, 5) is 0. The summed E-state index contributed by atoms with van der Waals surface area (Å²) in [5.41, 5.74) is 17.5. The van der Waals surface area contributed by atoms with Crippen molar-refractivity contribution in [2.45, 2.75) is 83.1 Å².